The molecule has 0 bridgehead atoms. The minimum absolute atomic E-state index is 0.0603. The first-order valence-corrected chi connectivity index (χ1v) is 4.45. The second-order valence-electron chi connectivity index (χ2n) is 2.49. The summed E-state index contributed by atoms with van der Waals surface area (Å²) in [4.78, 5) is -0.0603. The molecule has 1 aromatic carbocycles. The van der Waals surface area contributed by atoms with Gasteiger partial charge in [0, 0.05) is 0 Å². The van der Waals surface area contributed by atoms with Crippen molar-refractivity contribution in [2.24, 2.45) is 0 Å². The Bertz CT molecular complexity index is 292. The van der Waals surface area contributed by atoms with E-state index < -0.39 is 23.2 Å². The van der Waals surface area contributed by atoms with Crippen molar-refractivity contribution in [3.63, 3.8) is 0 Å². The van der Waals surface area contributed by atoms with Crippen molar-refractivity contribution in [3.8, 4) is 0 Å². The fourth-order valence-electron chi connectivity index (χ4n) is 0.728. The number of hydrogen-bond donors (Lipinski definition) is 0. The van der Waals surface area contributed by atoms with Crippen molar-refractivity contribution in [3.05, 3.63) is 30.3 Å². The monoisotopic (exact) mass is 229 g/mol. The molecule has 0 fully saturated rings. The molecule has 14 heavy (non-hydrogen) atoms. The summed E-state index contributed by atoms with van der Waals surface area (Å²) in [5.74, 6) is 0. The van der Waals surface area contributed by atoms with E-state index in [1.54, 1.807) is 6.07 Å². The van der Waals surface area contributed by atoms with Crippen LogP contribution in [0.25, 0.3) is 0 Å². The summed E-state index contributed by atoms with van der Waals surface area (Å²) in [7, 11) is 0. The standard InChI is InChI=1S/C8H5F5S/c9-7(10,11)8(12,13)14-6-4-2-1-3-5-6/h1-5H/p+1. The average Bonchev–Trinajstić information content (AvgIpc) is 2.03. The van der Waals surface area contributed by atoms with E-state index in [1.165, 1.54) is 24.3 Å². The molecule has 0 radical (unpaired) electrons. The highest BCUT2D eigenvalue weighted by Gasteiger charge is 2.65. The maximum absolute atomic E-state index is 12.5. The number of benzene rings is 1. The maximum Gasteiger partial charge on any atom is 0.510 e. The van der Waals surface area contributed by atoms with Gasteiger partial charge in [-0.15, -0.1) is 8.78 Å². The molecule has 0 atom stereocenters. The van der Waals surface area contributed by atoms with Crippen LogP contribution in [0.4, 0.5) is 22.0 Å². The molecule has 0 saturated heterocycles. The summed E-state index contributed by atoms with van der Waals surface area (Å²) in [6.07, 6.45) is -5.50. The Balaban J connectivity index is 2.79. The van der Waals surface area contributed by atoms with Gasteiger partial charge in [0.1, 0.15) is 0 Å². The number of hydrogen-bond acceptors (Lipinski definition) is 0. The van der Waals surface area contributed by atoms with Gasteiger partial charge in [-0.05, 0) is 12.1 Å². The molecule has 0 aromatic heterocycles. The van der Waals surface area contributed by atoms with E-state index in [0.29, 0.717) is 0 Å². The number of alkyl halides is 5. The zero-order chi connectivity index (χ0) is 10.8. The quantitative estimate of drug-likeness (QED) is 0.415. The molecule has 78 valence electrons. The van der Waals surface area contributed by atoms with E-state index in [1.807, 2.05) is 0 Å². The van der Waals surface area contributed by atoms with Gasteiger partial charge < -0.3 is 0 Å². The summed E-state index contributed by atoms with van der Waals surface area (Å²) in [6.45, 7) is 0. The predicted octanol–water partition coefficient (Wildman–Crippen LogP) is 3.02. The van der Waals surface area contributed by atoms with E-state index in [0.717, 1.165) is 0 Å². The van der Waals surface area contributed by atoms with Crippen molar-refractivity contribution < 1.29 is 22.0 Å². The maximum atomic E-state index is 12.5. The molecule has 0 aliphatic heterocycles. The van der Waals surface area contributed by atoms with Crippen molar-refractivity contribution >= 4 is 11.8 Å². The second kappa shape index (κ2) is 3.76. The molecule has 0 heterocycles. The van der Waals surface area contributed by atoms with Crippen molar-refractivity contribution in [1.82, 2.24) is 0 Å². The Labute approximate surface area is 81.1 Å². The van der Waals surface area contributed by atoms with Crippen LogP contribution >= 0.6 is 0 Å². The topological polar surface area (TPSA) is 0 Å². The summed E-state index contributed by atoms with van der Waals surface area (Å²) < 4.78 is 60.2. The van der Waals surface area contributed by atoms with E-state index in [4.69, 9.17) is 0 Å². The highest BCUT2D eigenvalue weighted by molar-refractivity contribution is 7.79. The van der Waals surface area contributed by atoms with Gasteiger partial charge in [-0.25, -0.2) is 0 Å². The van der Waals surface area contributed by atoms with Gasteiger partial charge in [-0.3, -0.25) is 0 Å². The van der Waals surface area contributed by atoms with Gasteiger partial charge in [0.05, 0.1) is 11.8 Å². The smallest absolute Gasteiger partial charge is 0.160 e. The molecule has 6 heteroatoms. The summed E-state index contributed by atoms with van der Waals surface area (Å²) in [6, 6.07) is 6.82. The highest BCUT2D eigenvalue weighted by atomic mass is 32.2. The van der Waals surface area contributed by atoms with Gasteiger partial charge in [0.15, 0.2) is 4.90 Å². The second-order valence-corrected chi connectivity index (χ2v) is 3.79. The molecule has 0 aliphatic carbocycles. The van der Waals surface area contributed by atoms with Crippen LogP contribution in [0.5, 0.6) is 0 Å². The zero-order valence-electron chi connectivity index (χ0n) is 6.72. The van der Waals surface area contributed by atoms with Gasteiger partial charge in [0.25, 0.3) is 0 Å². The van der Waals surface area contributed by atoms with Crippen LogP contribution in [0.1, 0.15) is 0 Å². The van der Waals surface area contributed by atoms with Crippen molar-refractivity contribution in [2.75, 3.05) is 0 Å². The normalized spacial score (nSPS) is 12.9. The highest BCUT2D eigenvalue weighted by Crippen LogP contribution is 2.38. The van der Waals surface area contributed by atoms with E-state index in [-0.39, 0.29) is 4.90 Å². The third kappa shape index (κ3) is 2.60. The van der Waals surface area contributed by atoms with Crippen LogP contribution in [0.2, 0.25) is 0 Å². The number of thiol groups is 1. The van der Waals surface area contributed by atoms with E-state index in [9.17, 15) is 22.0 Å². The van der Waals surface area contributed by atoms with Crippen LogP contribution in [0.15, 0.2) is 35.2 Å². The molecular weight excluding hydrogens is 223 g/mol. The minimum atomic E-state index is -5.50. The first kappa shape index (κ1) is 11.3. The first-order chi connectivity index (χ1) is 6.33. The lowest BCUT2D eigenvalue weighted by molar-refractivity contribution is -0.238. The SMILES string of the molecule is FC(F)(F)C(F)(F)[SH+]c1ccccc1. The molecule has 0 saturated carbocycles. The molecule has 0 N–H and O–H groups in total. The Morgan fingerprint density at radius 2 is 1.36 bits per heavy atom. The van der Waals surface area contributed by atoms with Gasteiger partial charge >= 0.3 is 11.4 Å². The fourth-order valence-corrected chi connectivity index (χ4v) is 1.50. The molecule has 0 unspecified atom stereocenters. The molecule has 0 spiro atoms. The Kier molecular flexibility index (Phi) is 3.04. The fraction of sp³-hybridized carbons (Fsp3) is 0.250. The lowest BCUT2D eigenvalue weighted by atomic mass is 10.4. The third-order valence-corrected chi connectivity index (χ3v) is 2.46. The van der Waals surface area contributed by atoms with Crippen LogP contribution in [0.3, 0.4) is 0 Å². The predicted molar refractivity (Wildman–Crippen MR) is 44.5 cm³/mol. The lowest BCUT2D eigenvalue weighted by Crippen LogP contribution is -2.37. The Morgan fingerprint density at radius 1 is 0.857 bits per heavy atom. The van der Waals surface area contributed by atoms with E-state index >= 15 is 0 Å². The van der Waals surface area contributed by atoms with Gasteiger partial charge in [-0.1, -0.05) is 18.2 Å². The van der Waals surface area contributed by atoms with Crippen LogP contribution in [-0.4, -0.2) is 11.4 Å². The Morgan fingerprint density at radius 3 is 1.79 bits per heavy atom. The number of rotatable bonds is 2. The minimum Gasteiger partial charge on any atom is -0.160 e. The lowest BCUT2D eigenvalue weighted by Gasteiger charge is -2.11. The largest absolute Gasteiger partial charge is 0.510 e. The van der Waals surface area contributed by atoms with Crippen LogP contribution in [0, 0.1) is 0 Å². The van der Waals surface area contributed by atoms with E-state index in [2.05, 4.69) is 0 Å². The number of halogens is 5. The van der Waals surface area contributed by atoms with Crippen molar-refractivity contribution in [1.29, 1.82) is 0 Å². The van der Waals surface area contributed by atoms with Gasteiger partial charge in [-0.2, -0.15) is 13.2 Å². The molecule has 0 aliphatic rings. The average molecular weight is 229 g/mol. The van der Waals surface area contributed by atoms with Crippen LogP contribution in [-0.2, 0) is 11.8 Å². The summed E-state index contributed by atoms with van der Waals surface area (Å²) in [5.41, 5.74) is 0. The van der Waals surface area contributed by atoms with Crippen molar-refractivity contribution in [2.45, 2.75) is 16.3 Å². The summed E-state index contributed by atoms with van der Waals surface area (Å²) in [5, 5.41) is -4.69. The summed E-state index contributed by atoms with van der Waals surface area (Å²) >= 11 is -1.04. The van der Waals surface area contributed by atoms with Gasteiger partial charge in [0.2, 0.25) is 0 Å². The molecule has 0 amide bonds. The first-order valence-electron chi connectivity index (χ1n) is 3.55. The molecular formula is C8H6F5S+. The molecule has 1 aromatic rings. The molecule has 0 nitrogen and oxygen atoms in total. The third-order valence-electron chi connectivity index (χ3n) is 1.37. The zero-order valence-corrected chi connectivity index (χ0v) is 7.62. The van der Waals surface area contributed by atoms with Crippen LogP contribution < -0.4 is 0 Å². The molecule has 1 rings (SSSR count). The Hall–Kier alpha value is -0.780.